The molecule has 0 atom stereocenters. The molecule has 0 amide bonds. The molecule has 0 unspecified atom stereocenters. The third-order valence-corrected chi connectivity index (χ3v) is 6.91. The highest BCUT2D eigenvalue weighted by atomic mass is 15.0. The number of nitrogens with zero attached hydrogens (tertiary/aromatic N) is 3. The molecule has 36 heavy (non-hydrogen) atoms. The molecule has 0 radical (unpaired) electrons. The maximum absolute atomic E-state index is 6.14. The summed E-state index contributed by atoms with van der Waals surface area (Å²) in [5, 5.41) is 0. The van der Waals surface area contributed by atoms with Crippen LogP contribution in [0.4, 0.5) is 17.1 Å². The van der Waals surface area contributed by atoms with Gasteiger partial charge in [0.05, 0.1) is 17.1 Å². The summed E-state index contributed by atoms with van der Waals surface area (Å²) in [7, 11) is 0. The van der Waals surface area contributed by atoms with E-state index in [0.29, 0.717) is 0 Å². The molecule has 6 nitrogen and oxygen atoms in total. The predicted octanol–water partition coefficient (Wildman–Crippen LogP) is 3.13. The lowest BCUT2D eigenvalue weighted by Gasteiger charge is -2.22. The third-order valence-electron chi connectivity index (χ3n) is 6.91. The summed E-state index contributed by atoms with van der Waals surface area (Å²) in [6.45, 7) is 9.14. The van der Waals surface area contributed by atoms with E-state index in [2.05, 4.69) is 53.1 Å². The first-order chi connectivity index (χ1) is 17.4. The Balaban J connectivity index is 1.96. The van der Waals surface area contributed by atoms with Crippen LogP contribution in [0.15, 0.2) is 73.6 Å². The highest BCUT2D eigenvalue weighted by Crippen LogP contribution is 2.31. The topological polar surface area (TPSA) is 89.7 Å². The molecule has 0 aliphatic carbocycles. The van der Waals surface area contributed by atoms with E-state index in [0.717, 1.165) is 56.0 Å². The number of nitrogens with two attached hydrogens (primary N) is 3. The molecule has 186 valence electrons. The van der Waals surface area contributed by atoms with Crippen LogP contribution in [-0.4, -0.2) is 0 Å². The van der Waals surface area contributed by atoms with Crippen molar-refractivity contribution in [2.24, 2.45) is 0 Å². The van der Waals surface area contributed by atoms with Gasteiger partial charge in [-0.3, -0.25) is 0 Å². The Morgan fingerprint density at radius 2 is 0.750 bits per heavy atom. The van der Waals surface area contributed by atoms with Crippen LogP contribution in [0.1, 0.15) is 54.2 Å². The van der Waals surface area contributed by atoms with E-state index in [4.69, 9.17) is 17.2 Å². The molecule has 6 heteroatoms. The van der Waals surface area contributed by atoms with Gasteiger partial charge in [-0.15, -0.1) is 0 Å². The van der Waals surface area contributed by atoms with E-state index >= 15 is 0 Å². The van der Waals surface area contributed by atoms with E-state index in [1.54, 1.807) is 0 Å². The average Bonchev–Trinajstić information content (AvgIpc) is 2.85. The Morgan fingerprint density at radius 1 is 0.472 bits per heavy atom. The number of aromatic nitrogens is 3. The van der Waals surface area contributed by atoms with Crippen molar-refractivity contribution in [2.75, 3.05) is 17.2 Å². The number of pyridine rings is 3. The maximum Gasteiger partial charge on any atom is 0.192 e. The highest BCUT2D eigenvalue weighted by Gasteiger charge is 2.27. The second-order valence-electron chi connectivity index (χ2n) is 9.36. The zero-order valence-electron chi connectivity index (χ0n) is 21.7. The molecule has 0 spiro atoms. The van der Waals surface area contributed by atoms with Crippen molar-refractivity contribution in [3.8, 4) is 0 Å². The molecule has 6 N–H and O–H groups in total. The van der Waals surface area contributed by atoms with Crippen molar-refractivity contribution in [2.45, 2.75) is 59.7 Å². The summed E-state index contributed by atoms with van der Waals surface area (Å²) >= 11 is 0. The van der Waals surface area contributed by atoms with Crippen molar-refractivity contribution < 1.29 is 13.7 Å². The molecular formula is C30H39N6+3. The molecule has 0 fully saturated rings. The molecule has 0 bridgehead atoms. The Hall–Kier alpha value is -3.93. The Bertz CT molecular complexity index is 1180. The van der Waals surface area contributed by atoms with Crippen LogP contribution in [-0.2, 0) is 38.9 Å². The van der Waals surface area contributed by atoms with Gasteiger partial charge in [0, 0.05) is 34.9 Å². The monoisotopic (exact) mass is 483 g/mol. The number of hydrogen-bond acceptors (Lipinski definition) is 3. The van der Waals surface area contributed by atoms with Gasteiger partial charge in [-0.05, 0) is 54.2 Å². The summed E-state index contributed by atoms with van der Waals surface area (Å²) in [6.07, 6.45) is 15.2. The molecule has 3 heterocycles. The summed E-state index contributed by atoms with van der Waals surface area (Å²) < 4.78 is 6.59. The highest BCUT2D eigenvalue weighted by molar-refractivity contribution is 5.52. The van der Waals surface area contributed by atoms with E-state index in [9.17, 15) is 0 Å². The number of nitrogen functional groups attached to an aromatic ring is 3. The summed E-state index contributed by atoms with van der Waals surface area (Å²) in [5.74, 6) is 0. The van der Waals surface area contributed by atoms with Crippen LogP contribution in [0.5, 0.6) is 0 Å². The van der Waals surface area contributed by atoms with Crippen LogP contribution in [0.25, 0.3) is 0 Å². The van der Waals surface area contributed by atoms with Crippen LogP contribution in [0, 0.1) is 0 Å². The zero-order chi connectivity index (χ0) is 25.7. The fourth-order valence-electron chi connectivity index (χ4n) is 5.42. The molecule has 0 aliphatic heterocycles. The van der Waals surface area contributed by atoms with Crippen LogP contribution < -0.4 is 30.9 Å². The standard InChI is InChI=1S/C30H39N6/c1-4-25-28(19-34-13-7-10-22(31)16-34)26(5-2)30(21-36-15-9-12-24(33)18-36)27(6-3)29(25)20-35-14-8-11-23(32)17-35/h7-18H,4-6,19-21,31-33H2,1-3H3/q+3. The molecule has 4 rings (SSSR count). The lowest BCUT2D eigenvalue weighted by Crippen LogP contribution is -2.39. The molecule has 1 aromatic carbocycles. The van der Waals surface area contributed by atoms with Crippen molar-refractivity contribution in [3.63, 3.8) is 0 Å². The van der Waals surface area contributed by atoms with Crippen LogP contribution >= 0.6 is 0 Å². The van der Waals surface area contributed by atoms with Crippen molar-refractivity contribution >= 4 is 17.1 Å². The summed E-state index contributed by atoms with van der Waals surface area (Å²) in [5.41, 5.74) is 29.2. The lowest BCUT2D eigenvalue weighted by molar-refractivity contribution is -0.690. The first-order valence-corrected chi connectivity index (χ1v) is 12.8. The molecule has 0 aliphatic rings. The van der Waals surface area contributed by atoms with E-state index in [-0.39, 0.29) is 0 Å². The minimum absolute atomic E-state index is 0.768. The van der Waals surface area contributed by atoms with Gasteiger partial charge in [0.15, 0.2) is 56.8 Å². The first kappa shape index (κ1) is 25.2. The van der Waals surface area contributed by atoms with Gasteiger partial charge in [-0.25, -0.2) is 0 Å². The fourth-order valence-corrected chi connectivity index (χ4v) is 5.42. The van der Waals surface area contributed by atoms with E-state index in [1.807, 2.05) is 55.0 Å². The molecule has 0 saturated carbocycles. The second-order valence-corrected chi connectivity index (χ2v) is 9.36. The van der Waals surface area contributed by atoms with Crippen LogP contribution in [0.3, 0.4) is 0 Å². The van der Waals surface area contributed by atoms with Crippen LogP contribution in [0.2, 0.25) is 0 Å². The fraction of sp³-hybridized carbons (Fsp3) is 0.300. The SMILES string of the molecule is CCc1c(C[n+]2cccc(N)c2)c(CC)c(C[n+]2cccc(N)c2)c(CC)c1C[n+]1cccc(N)c1. The molecular weight excluding hydrogens is 444 g/mol. The van der Waals surface area contributed by atoms with Crippen molar-refractivity contribution in [1.82, 2.24) is 0 Å². The van der Waals surface area contributed by atoms with Gasteiger partial charge in [-0.1, -0.05) is 20.8 Å². The third kappa shape index (κ3) is 5.48. The quantitative estimate of drug-likeness (QED) is 0.320. The molecule has 0 saturated heterocycles. The smallest absolute Gasteiger partial charge is 0.192 e. The van der Waals surface area contributed by atoms with Gasteiger partial charge in [-0.2, -0.15) is 13.7 Å². The van der Waals surface area contributed by atoms with Gasteiger partial charge in [0.25, 0.3) is 0 Å². The minimum Gasteiger partial charge on any atom is -0.394 e. The Morgan fingerprint density at radius 3 is 0.972 bits per heavy atom. The lowest BCUT2D eigenvalue weighted by atomic mass is 9.83. The van der Waals surface area contributed by atoms with Crippen molar-refractivity contribution in [1.29, 1.82) is 0 Å². The maximum atomic E-state index is 6.14. The number of hydrogen-bond donors (Lipinski definition) is 3. The summed E-state index contributed by atoms with van der Waals surface area (Å²) in [6, 6.07) is 11.8. The first-order valence-electron chi connectivity index (χ1n) is 12.8. The van der Waals surface area contributed by atoms with E-state index < -0.39 is 0 Å². The number of anilines is 3. The summed E-state index contributed by atoms with van der Waals surface area (Å²) in [4.78, 5) is 0. The van der Waals surface area contributed by atoms with Gasteiger partial charge in [0.2, 0.25) is 0 Å². The van der Waals surface area contributed by atoms with Gasteiger partial charge in [0.1, 0.15) is 0 Å². The Kier molecular flexibility index (Phi) is 7.84. The van der Waals surface area contributed by atoms with Crippen molar-refractivity contribution in [3.05, 3.63) is 107 Å². The van der Waals surface area contributed by atoms with E-state index in [1.165, 1.54) is 33.4 Å². The molecule has 3 aromatic heterocycles. The van der Waals surface area contributed by atoms with Gasteiger partial charge >= 0.3 is 0 Å². The normalized spacial score (nSPS) is 11.1. The number of benzene rings is 1. The minimum atomic E-state index is 0.768. The zero-order valence-corrected chi connectivity index (χ0v) is 21.7. The largest absolute Gasteiger partial charge is 0.394 e. The van der Waals surface area contributed by atoms with Gasteiger partial charge < -0.3 is 17.2 Å². The number of rotatable bonds is 9. The Labute approximate surface area is 214 Å². The predicted molar refractivity (Wildman–Crippen MR) is 145 cm³/mol. The average molecular weight is 484 g/mol. The second kappa shape index (κ2) is 11.2. The molecule has 4 aromatic rings.